The van der Waals surface area contributed by atoms with E-state index >= 15 is 0 Å². The first-order valence-corrected chi connectivity index (χ1v) is 5.37. The monoisotopic (exact) mass is 190 g/mol. The van der Waals surface area contributed by atoms with Gasteiger partial charge in [-0.1, -0.05) is 39.5 Å². The van der Waals surface area contributed by atoms with E-state index in [-0.39, 0.29) is 5.60 Å². The molecule has 0 N–H and O–H groups in total. The van der Waals surface area contributed by atoms with Gasteiger partial charge in [-0.25, -0.2) is 0 Å². The fraction of sp³-hybridized carbons (Fsp3) is 1.00. The fourth-order valence-corrected chi connectivity index (χ4v) is 1.50. The van der Waals surface area contributed by atoms with E-state index < -0.39 is 0 Å². The van der Waals surface area contributed by atoms with E-state index in [1.54, 1.807) is 0 Å². The second-order valence-corrected chi connectivity index (χ2v) is 3.93. The van der Waals surface area contributed by atoms with Crippen LogP contribution in [0.1, 0.15) is 59.3 Å². The Morgan fingerprint density at radius 2 is 1.50 bits per heavy atom. The molecule has 0 radical (unpaired) electrons. The van der Waals surface area contributed by atoms with Crippen LogP contribution in [-0.2, 0) is 4.18 Å². The maximum Gasteiger partial charge on any atom is 0.0797 e. The molecular weight excluding hydrogens is 168 g/mol. The van der Waals surface area contributed by atoms with Gasteiger partial charge in [0.2, 0.25) is 0 Å². The van der Waals surface area contributed by atoms with Crippen molar-refractivity contribution in [1.82, 2.24) is 0 Å². The molecule has 74 valence electrons. The molecule has 0 amide bonds. The van der Waals surface area contributed by atoms with Gasteiger partial charge in [0.15, 0.2) is 0 Å². The van der Waals surface area contributed by atoms with Gasteiger partial charge in [0.1, 0.15) is 0 Å². The average molecular weight is 190 g/mol. The Morgan fingerprint density at radius 3 is 1.75 bits per heavy atom. The second-order valence-electron chi connectivity index (χ2n) is 3.75. The van der Waals surface area contributed by atoms with E-state index in [9.17, 15) is 0 Å². The van der Waals surface area contributed by atoms with Gasteiger partial charge in [-0.15, -0.1) is 0 Å². The summed E-state index contributed by atoms with van der Waals surface area (Å²) in [5.74, 6) is 0. The molecular formula is C10H22OS. The van der Waals surface area contributed by atoms with Gasteiger partial charge >= 0.3 is 0 Å². The van der Waals surface area contributed by atoms with Crippen LogP contribution in [0, 0.1) is 0 Å². The summed E-state index contributed by atoms with van der Waals surface area (Å²) in [6.45, 7) is 6.57. The van der Waals surface area contributed by atoms with Gasteiger partial charge < -0.3 is 4.18 Å². The molecule has 0 heterocycles. The Bertz CT molecular complexity index is 96.0. The van der Waals surface area contributed by atoms with E-state index in [0.717, 1.165) is 12.8 Å². The number of thiol groups is 1. The molecule has 0 aliphatic heterocycles. The maximum atomic E-state index is 5.24. The molecule has 2 heteroatoms. The first kappa shape index (κ1) is 12.3. The topological polar surface area (TPSA) is 9.23 Å². The minimum Gasteiger partial charge on any atom is -0.312 e. The van der Waals surface area contributed by atoms with Crippen LogP contribution in [0.5, 0.6) is 0 Å². The molecule has 0 saturated heterocycles. The lowest BCUT2D eigenvalue weighted by Gasteiger charge is -2.26. The highest BCUT2D eigenvalue weighted by Crippen LogP contribution is 2.26. The smallest absolute Gasteiger partial charge is 0.0797 e. The van der Waals surface area contributed by atoms with Gasteiger partial charge in [-0.3, -0.25) is 0 Å². The highest BCUT2D eigenvalue weighted by molar-refractivity contribution is 7.75. The summed E-state index contributed by atoms with van der Waals surface area (Å²) < 4.78 is 5.24. The van der Waals surface area contributed by atoms with E-state index in [1.807, 2.05) is 0 Å². The Morgan fingerprint density at radius 1 is 1.08 bits per heavy atom. The van der Waals surface area contributed by atoms with E-state index in [0.29, 0.717) is 0 Å². The molecule has 0 unspecified atom stereocenters. The van der Waals surface area contributed by atoms with Crippen molar-refractivity contribution in [3.63, 3.8) is 0 Å². The predicted octanol–water partition coefficient (Wildman–Crippen LogP) is 3.99. The lowest BCUT2D eigenvalue weighted by atomic mass is 9.93. The first-order chi connectivity index (χ1) is 5.68. The lowest BCUT2D eigenvalue weighted by Crippen LogP contribution is -2.24. The number of unbranched alkanes of at least 4 members (excludes halogenated alkanes) is 2. The Kier molecular flexibility index (Phi) is 6.96. The van der Waals surface area contributed by atoms with Crippen LogP contribution in [0.4, 0.5) is 0 Å². The zero-order chi connectivity index (χ0) is 9.45. The Hall–Kier alpha value is 0.310. The van der Waals surface area contributed by atoms with E-state index in [1.165, 1.54) is 25.7 Å². The van der Waals surface area contributed by atoms with Crippen LogP contribution < -0.4 is 0 Å². The molecule has 12 heavy (non-hydrogen) atoms. The standard InChI is InChI=1S/C10H22OS/c1-4-6-8-10(3,11-12)9-7-5-2/h12H,4-9H2,1-3H3. The van der Waals surface area contributed by atoms with Crippen molar-refractivity contribution in [3.05, 3.63) is 0 Å². The van der Waals surface area contributed by atoms with Crippen molar-refractivity contribution in [2.24, 2.45) is 0 Å². The third-order valence-electron chi connectivity index (χ3n) is 2.34. The summed E-state index contributed by atoms with van der Waals surface area (Å²) in [5.41, 5.74) is 0.00906. The number of hydrogen-bond donors (Lipinski definition) is 1. The van der Waals surface area contributed by atoms with Crippen LogP contribution in [0.2, 0.25) is 0 Å². The molecule has 0 aromatic carbocycles. The second kappa shape index (κ2) is 6.79. The Labute approximate surface area is 82.5 Å². The molecule has 0 aromatic heterocycles. The van der Waals surface area contributed by atoms with Crippen molar-refractivity contribution in [2.45, 2.75) is 64.9 Å². The summed E-state index contributed by atoms with van der Waals surface area (Å²) in [6, 6.07) is 0. The van der Waals surface area contributed by atoms with Crippen LogP contribution >= 0.6 is 12.9 Å². The molecule has 0 atom stereocenters. The third-order valence-corrected chi connectivity index (χ3v) is 2.78. The van der Waals surface area contributed by atoms with Gasteiger partial charge in [-0.2, -0.15) is 0 Å². The summed E-state index contributed by atoms with van der Waals surface area (Å²) in [6.07, 6.45) is 7.21. The van der Waals surface area contributed by atoms with Gasteiger partial charge in [-0.05, 0) is 32.7 Å². The summed E-state index contributed by atoms with van der Waals surface area (Å²) in [4.78, 5) is 0. The van der Waals surface area contributed by atoms with E-state index in [2.05, 4.69) is 33.7 Å². The normalized spacial score (nSPS) is 12.0. The van der Waals surface area contributed by atoms with Crippen LogP contribution in [0.3, 0.4) is 0 Å². The first-order valence-electron chi connectivity index (χ1n) is 5.01. The SMILES string of the molecule is CCCCC(C)(CCCC)OS. The minimum absolute atomic E-state index is 0.00906. The van der Waals surface area contributed by atoms with Crippen LogP contribution in [-0.4, -0.2) is 5.60 Å². The minimum atomic E-state index is 0.00906. The number of rotatable bonds is 7. The zero-order valence-corrected chi connectivity index (χ0v) is 9.49. The van der Waals surface area contributed by atoms with Crippen molar-refractivity contribution in [3.8, 4) is 0 Å². The zero-order valence-electron chi connectivity index (χ0n) is 8.60. The summed E-state index contributed by atoms with van der Waals surface area (Å²) in [7, 11) is 0. The molecule has 0 fully saturated rings. The molecule has 1 nitrogen and oxygen atoms in total. The molecule has 0 aliphatic rings. The van der Waals surface area contributed by atoms with Crippen LogP contribution in [0.25, 0.3) is 0 Å². The fourth-order valence-electron chi connectivity index (χ4n) is 1.32. The molecule has 0 spiro atoms. The van der Waals surface area contributed by atoms with Crippen molar-refractivity contribution < 1.29 is 4.18 Å². The highest BCUT2D eigenvalue weighted by Gasteiger charge is 2.22. The highest BCUT2D eigenvalue weighted by atomic mass is 32.1. The van der Waals surface area contributed by atoms with Crippen molar-refractivity contribution in [1.29, 1.82) is 0 Å². The molecule has 0 bridgehead atoms. The predicted molar refractivity (Wildman–Crippen MR) is 57.5 cm³/mol. The van der Waals surface area contributed by atoms with Gasteiger partial charge in [0.25, 0.3) is 0 Å². The third kappa shape index (κ3) is 5.04. The molecule has 0 saturated carbocycles. The summed E-state index contributed by atoms with van der Waals surface area (Å²) in [5, 5.41) is 0. The molecule has 0 aromatic rings. The largest absolute Gasteiger partial charge is 0.312 e. The average Bonchev–Trinajstić information content (AvgIpc) is 2.11. The maximum absolute atomic E-state index is 5.24. The van der Waals surface area contributed by atoms with E-state index in [4.69, 9.17) is 4.18 Å². The van der Waals surface area contributed by atoms with Crippen molar-refractivity contribution >= 4 is 12.9 Å². The Balaban J connectivity index is 3.70. The quantitative estimate of drug-likeness (QED) is 0.472. The lowest BCUT2D eigenvalue weighted by molar-refractivity contribution is 0.0937. The van der Waals surface area contributed by atoms with Crippen molar-refractivity contribution in [2.75, 3.05) is 0 Å². The summed E-state index contributed by atoms with van der Waals surface area (Å²) >= 11 is 3.95. The molecule has 0 rings (SSSR count). The van der Waals surface area contributed by atoms with Gasteiger partial charge in [0.05, 0.1) is 5.60 Å². The van der Waals surface area contributed by atoms with Gasteiger partial charge in [0, 0.05) is 0 Å². The molecule has 0 aliphatic carbocycles. The van der Waals surface area contributed by atoms with Crippen LogP contribution in [0.15, 0.2) is 0 Å². The number of hydrogen-bond acceptors (Lipinski definition) is 2.